The summed E-state index contributed by atoms with van der Waals surface area (Å²) in [4.78, 5) is 0. The highest BCUT2D eigenvalue weighted by atomic mass is 79.9. The molecule has 0 aliphatic carbocycles. The van der Waals surface area contributed by atoms with Crippen molar-refractivity contribution in [3.63, 3.8) is 0 Å². The molecule has 0 atom stereocenters. The van der Waals surface area contributed by atoms with E-state index in [0.717, 1.165) is 0 Å². The van der Waals surface area contributed by atoms with Crippen LogP contribution < -0.4 is 17.0 Å². The summed E-state index contributed by atoms with van der Waals surface area (Å²) in [6.45, 7) is 9.46. The summed E-state index contributed by atoms with van der Waals surface area (Å²) in [5.74, 6) is 0. The van der Waals surface area contributed by atoms with Crippen LogP contribution in [0.3, 0.4) is 0 Å². The predicted molar refractivity (Wildman–Crippen MR) is 160 cm³/mol. The maximum atomic E-state index is 2.41. The standard InChI is InChI=1S/C32H68P.BrH/c1-5-9-13-15-17-19-21-23-25-27-31-33(29-11-7-3,30-12-8-4)32-28-26-24-22-20-18-16-14-10-6-2;/h5-32H2,1-4H3;1H/q+1;/p-1. The van der Waals surface area contributed by atoms with E-state index >= 15 is 0 Å². The highest BCUT2D eigenvalue weighted by Gasteiger charge is 2.34. The fraction of sp³-hybridized carbons (Fsp3) is 1.00. The van der Waals surface area contributed by atoms with E-state index < -0.39 is 7.26 Å². The summed E-state index contributed by atoms with van der Waals surface area (Å²) in [7, 11) is -0.677. The van der Waals surface area contributed by atoms with Crippen molar-refractivity contribution in [2.24, 2.45) is 0 Å². The van der Waals surface area contributed by atoms with Gasteiger partial charge in [-0.3, -0.25) is 0 Å². The van der Waals surface area contributed by atoms with Crippen molar-refractivity contribution in [1.29, 1.82) is 0 Å². The van der Waals surface area contributed by atoms with E-state index in [1.165, 1.54) is 141 Å². The molecule has 0 nitrogen and oxygen atoms in total. The van der Waals surface area contributed by atoms with Crippen molar-refractivity contribution in [2.45, 2.75) is 182 Å². The lowest BCUT2D eigenvalue weighted by Gasteiger charge is -2.28. The van der Waals surface area contributed by atoms with E-state index in [1.54, 1.807) is 37.5 Å². The molecule has 0 spiro atoms. The highest BCUT2D eigenvalue weighted by Crippen LogP contribution is 2.61. The summed E-state index contributed by atoms with van der Waals surface area (Å²) in [6.07, 6.45) is 42.0. The molecule has 0 rings (SSSR count). The van der Waals surface area contributed by atoms with Gasteiger partial charge < -0.3 is 17.0 Å². The van der Waals surface area contributed by atoms with Crippen LogP contribution in [0.25, 0.3) is 0 Å². The second kappa shape index (κ2) is 30.1. The summed E-state index contributed by atoms with van der Waals surface area (Å²) in [6, 6.07) is 0. The van der Waals surface area contributed by atoms with E-state index in [9.17, 15) is 0 Å². The molecular formula is C32H68BrP. The molecule has 0 saturated heterocycles. The van der Waals surface area contributed by atoms with Gasteiger partial charge in [0.05, 0.1) is 24.6 Å². The summed E-state index contributed by atoms with van der Waals surface area (Å²) < 4.78 is 0. The minimum Gasteiger partial charge on any atom is -1.00 e. The van der Waals surface area contributed by atoms with Crippen LogP contribution in [-0.2, 0) is 0 Å². The lowest BCUT2D eigenvalue weighted by Crippen LogP contribution is -3.00. The maximum Gasteiger partial charge on any atom is 0.0594 e. The fourth-order valence-electron chi connectivity index (χ4n) is 5.53. The predicted octanol–water partition coefficient (Wildman–Crippen LogP) is 9.45. The monoisotopic (exact) mass is 562 g/mol. The van der Waals surface area contributed by atoms with Crippen LogP contribution in [0.15, 0.2) is 0 Å². The highest BCUT2D eigenvalue weighted by molar-refractivity contribution is 7.75. The number of unbranched alkanes of at least 4 members (excludes halogenated alkanes) is 20. The zero-order valence-electron chi connectivity index (χ0n) is 24.6. The topological polar surface area (TPSA) is 0 Å². The van der Waals surface area contributed by atoms with Crippen molar-refractivity contribution in [1.82, 2.24) is 0 Å². The van der Waals surface area contributed by atoms with Crippen LogP contribution in [-0.4, -0.2) is 24.6 Å². The summed E-state index contributed by atoms with van der Waals surface area (Å²) >= 11 is 0. The van der Waals surface area contributed by atoms with Gasteiger partial charge in [0.15, 0.2) is 0 Å². The molecule has 208 valence electrons. The molecule has 0 aromatic carbocycles. The van der Waals surface area contributed by atoms with Crippen LogP contribution in [0.1, 0.15) is 182 Å². The van der Waals surface area contributed by atoms with Crippen LogP contribution >= 0.6 is 7.26 Å². The zero-order valence-corrected chi connectivity index (χ0v) is 27.1. The van der Waals surface area contributed by atoms with Gasteiger partial charge in [0, 0.05) is 7.26 Å². The Kier molecular flexibility index (Phi) is 32.9. The first-order valence-corrected chi connectivity index (χ1v) is 18.6. The number of hydrogen-bond acceptors (Lipinski definition) is 0. The Morgan fingerprint density at radius 3 is 0.735 bits per heavy atom. The minimum atomic E-state index is -0.677. The van der Waals surface area contributed by atoms with Gasteiger partial charge in [-0.1, -0.05) is 143 Å². The smallest absolute Gasteiger partial charge is 0.0594 e. The van der Waals surface area contributed by atoms with Crippen LogP contribution in [0, 0.1) is 0 Å². The molecule has 0 N–H and O–H groups in total. The Hall–Kier alpha value is 0.910. The van der Waals surface area contributed by atoms with Gasteiger partial charge in [0.25, 0.3) is 0 Å². The Bertz CT molecular complexity index is 323. The quantitative estimate of drug-likeness (QED) is 0.0657. The summed E-state index contributed by atoms with van der Waals surface area (Å²) in [5, 5.41) is 0. The molecule has 2 heteroatoms. The first-order valence-electron chi connectivity index (χ1n) is 16.1. The molecule has 0 aliphatic rings. The lowest BCUT2D eigenvalue weighted by molar-refractivity contribution is -0.00000755. The van der Waals surface area contributed by atoms with Gasteiger partial charge in [-0.2, -0.15) is 0 Å². The van der Waals surface area contributed by atoms with E-state index in [4.69, 9.17) is 0 Å². The van der Waals surface area contributed by atoms with E-state index in [-0.39, 0.29) is 17.0 Å². The maximum absolute atomic E-state index is 2.41. The molecule has 0 aromatic heterocycles. The van der Waals surface area contributed by atoms with E-state index in [0.29, 0.717) is 0 Å². The average molecular weight is 564 g/mol. The van der Waals surface area contributed by atoms with E-state index in [1.807, 2.05) is 0 Å². The van der Waals surface area contributed by atoms with Crippen molar-refractivity contribution in [2.75, 3.05) is 24.6 Å². The van der Waals surface area contributed by atoms with Crippen LogP contribution in [0.2, 0.25) is 0 Å². The Morgan fingerprint density at radius 1 is 0.265 bits per heavy atom. The Labute approximate surface area is 230 Å². The first-order chi connectivity index (χ1) is 16.2. The Balaban J connectivity index is 0. The zero-order chi connectivity index (χ0) is 24.3. The van der Waals surface area contributed by atoms with Crippen molar-refractivity contribution in [3.8, 4) is 0 Å². The molecule has 0 aromatic rings. The summed E-state index contributed by atoms with van der Waals surface area (Å²) in [5.41, 5.74) is 0. The molecule has 0 heterocycles. The fourth-order valence-corrected chi connectivity index (χ4v) is 10.6. The molecule has 0 saturated carbocycles. The molecule has 0 unspecified atom stereocenters. The third kappa shape index (κ3) is 24.6. The lowest BCUT2D eigenvalue weighted by atomic mass is 10.1. The van der Waals surface area contributed by atoms with Gasteiger partial charge in [0.1, 0.15) is 0 Å². The van der Waals surface area contributed by atoms with Gasteiger partial charge in [-0.05, 0) is 38.5 Å². The third-order valence-corrected chi connectivity index (χ3v) is 13.0. The van der Waals surface area contributed by atoms with Crippen LogP contribution in [0.4, 0.5) is 0 Å². The van der Waals surface area contributed by atoms with Crippen molar-refractivity contribution >= 4 is 7.26 Å². The first kappa shape index (κ1) is 37.1. The second-order valence-corrected chi connectivity index (χ2v) is 15.8. The molecule has 0 aliphatic heterocycles. The third-order valence-electron chi connectivity index (χ3n) is 7.94. The molecule has 0 amide bonds. The molecule has 0 fully saturated rings. The van der Waals surface area contributed by atoms with Crippen molar-refractivity contribution in [3.05, 3.63) is 0 Å². The van der Waals surface area contributed by atoms with E-state index in [2.05, 4.69) is 27.7 Å². The number of rotatable bonds is 28. The van der Waals surface area contributed by atoms with Gasteiger partial charge in [0.2, 0.25) is 0 Å². The largest absolute Gasteiger partial charge is 1.00 e. The van der Waals surface area contributed by atoms with Crippen LogP contribution in [0.5, 0.6) is 0 Å². The normalized spacial score (nSPS) is 11.6. The second-order valence-electron chi connectivity index (χ2n) is 11.3. The molecule has 0 bridgehead atoms. The number of hydrogen-bond donors (Lipinski definition) is 0. The molecular weight excluding hydrogens is 495 g/mol. The molecule has 0 radical (unpaired) electrons. The average Bonchev–Trinajstić information content (AvgIpc) is 2.83. The van der Waals surface area contributed by atoms with Gasteiger partial charge in [-0.15, -0.1) is 0 Å². The van der Waals surface area contributed by atoms with Gasteiger partial charge >= 0.3 is 0 Å². The minimum absolute atomic E-state index is 0. The number of halogens is 1. The molecule has 34 heavy (non-hydrogen) atoms. The SMILES string of the molecule is CCCCCCCCCCCC[P+](CCCC)(CCCC)CCCCCCCCCCCC.[Br-]. The Morgan fingerprint density at radius 2 is 0.471 bits per heavy atom. The van der Waals surface area contributed by atoms with Gasteiger partial charge in [-0.25, -0.2) is 0 Å². The van der Waals surface area contributed by atoms with Crippen molar-refractivity contribution < 1.29 is 17.0 Å².